The molecule has 21 heavy (non-hydrogen) atoms. The fourth-order valence-corrected chi connectivity index (χ4v) is 4.61. The highest BCUT2D eigenvalue weighted by Gasteiger charge is 2.33. The molecule has 7 heteroatoms. The molecule has 5 nitrogen and oxygen atoms in total. The summed E-state index contributed by atoms with van der Waals surface area (Å²) in [4.78, 5) is 17.0. The summed E-state index contributed by atoms with van der Waals surface area (Å²) in [6.07, 6.45) is 0.497. The molecule has 1 atom stereocenters. The van der Waals surface area contributed by atoms with E-state index in [1.807, 2.05) is 6.07 Å². The first-order valence-electron chi connectivity index (χ1n) is 6.61. The third-order valence-electron chi connectivity index (χ3n) is 3.89. The number of hydrogen-bond acceptors (Lipinski definition) is 3. The summed E-state index contributed by atoms with van der Waals surface area (Å²) in [5.41, 5.74) is 1.27. The molecule has 1 aliphatic rings. The van der Waals surface area contributed by atoms with E-state index in [1.165, 1.54) is 4.90 Å². The van der Waals surface area contributed by atoms with Crippen LogP contribution in [-0.4, -0.2) is 48.8 Å². The van der Waals surface area contributed by atoms with Crippen molar-refractivity contribution in [3.63, 3.8) is 0 Å². The predicted octanol–water partition coefficient (Wildman–Crippen LogP) is 2.08. The second-order valence-corrected chi connectivity index (χ2v) is 8.05. The van der Waals surface area contributed by atoms with Crippen molar-refractivity contribution in [1.29, 1.82) is 0 Å². The van der Waals surface area contributed by atoms with E-state index in [2.05, 4.69) is 4.98 Å². The van der Waals surface area contributed by atoms with Crippen LogP contribution in [0.2, 0.25) is 5.02 Å². The number of carbonyl (C=O) groups is 1. The number of aromatic amines is 1. The van der Waals surface area contributed by atoms with Crippen LogP contribution in [0, 0.1) is 0 Å². The van der Waals surface area contributed by atoms with Crippen molar-refractivity contribution in [3.05, 3.63) is 35.0 Å². The summed E-state index contributed by atoms with van der Waals surface area (Å²) in [7, 11) is -1.36. The molecule has 0 radical (unpaired) electrons. The number of rotatable bonds is 2. The summed E-state index contributed by atoms with van der Waals surface area (Å²) in [5, 5.41) is 1.47. The Labute approximate surface area is 127 Å². The van der Waals surface area contributed by atoms with E-state index in [0.717, 1.165) is 10.9 Å². The molecule has 0 spiro atoms. The van der Waals surface area contributed by atoms with Gasteiger partial charge >= 0.3 is 0 Å². The molecule has 1 fully saturated rings. The Morgan fingerprint density at radius 1 is 1.38 bits per heavy atom. The van der Waals surface area contributed by atoms with Crippen molar-refractivity contribution in [2.24, 2.45) is 0 Å². The molecule has 2 heterocycles. The van der Waals surface area contributed by atoms with Crippen LogP contribution in [0.4, 0.5) is 0 Å². The van der Waals surface area contributed by atoms with E-state index in [1.54, 1.807) is 25.2 Å². The lowest BCUT2D eigenvalue weighted by molar-refractivity contribution is 0.0743. The molecule has 1 saturated heterocycles. The molecule has 3 rings (SSSR count). The largest absolute Gasteiger partial charge is 0.351 e. The Morgan fingerprint density at radius 3 is 2.81 bits per heavy atom. The summed E-state index contributed by atoms with van der Waals surface area (Å²) < 4.78 is 23.0. The number of sulfone groups is 1. The number of carbonyl (C=O) groups excluding carboxylic acids is 1. The summed E-state index contributed by atoms with van der Waals surface area (Å²) in [6, 6.07) is 6.84. The van der Waals surface area contributed by atoms with Crippen LogP contribution in [-0.2, 0) is 9.84 Å². The first-order valence-corrected chi connectivity index (χ1v) is 8.81. The zero-order chi connectivity index (χ0) is 15.2. The number of fused-ring (bicyclic) bond motifs is 1. The zero-order valence-corrected chi connectivity index (χ0v) is 13.0. The highest BCUT2D eigenvalue weighted by atomic mass is 35.5. The van der Waals surface area contributed by atoms with E-state index in [4.69, 9.17) is 11.6 Å². The van der Waals surface area contributed by atoms with Crippen LogP contribution in [0.15, 0.2) is 24.3 Å². The SMILES string of the molecule is CN(C(=O)c1cc2cc(Cl)ccc2[nH]1)[C@@H]1CCS(=O)(=O)C1. The minimum Gasteiger partial charge on any atom is -0.351 e. The predicted molar refractivity (Wildman–Crippen MR) is 82.5 cm³/mol. The molecular weight excluding hydrogens is 312 g/mol. The van der Waals surface area contributed by atoms with Crippen LogP contribution in [0.1, 0.15) is 16.9 Å². The monoisotopic (exact) mass is 326 g/mol. The van der Waals surface area contributed by atoms with Crippen molar-refractivity contribution >= 4 is 38.2 Å². The smallest absolute Gasteiger partial charge is 0.270 e. The Kier molecular flexibility index (Phi) is 3.45. The molecule has 112 valence electrons. The Hall–Kier alpha value is -1.53. The number of halogens is 1. The van der Waals surface area contributed by atoms with Gasteiger partial charge in [-0.1, -0.05) is 11.6 Å². The molecule has 1 aromatic carbocycles. The minimum absolute atomic E-state index is 0.0430. The van der Waals surface area contributed by atoms with Crippen LogP contribution in [0.3, 0.4) is 0 Å². The maximum atomic E-state index is 12.5. The van der Waals surface area contributed by atoms with Crippen LogP contribution in [0.25, 0.3) is 10.9 Å². The van der Waals surface area contributed by atoms with E-state index in [-0.39, 0.29) is 23.5 Å². The standard InChI is InChI=1S/C14H15ClN2O3S/c1-17(11-4-5-21(19,20)8-11)14(18)13-7-9-6-10(15)2-3-12(9)16-13/h2-3,6-7,11,16H,4-5,8H2,1H3/t11-/m1/s1. The van der Waals surface area contributed by atoms with Crippen molar-refractivity contribution in [2.75, 3.05) is 18.6 Å². The maximum Gasteiger partial charge on any atom is 0.270 e. The number of nitrogens with zero attached hydrogens (tertiary/aromatic N) is 1. The number of benzene rings is 1. The number of amides is 1. The molecule has 1 amide bonds. The molecule has 1 aromatic heterocycles. The first-order chi connectivity index (χ1) is 9.85. The highest BCUT2D eigenvalue weighted by molar-refractivity contribution is 7.91. The molecule has 1 N–H and O–H groups in total. The first kappa shape index (κ1) is 14.4. The Bertz CT molecular complexity index is 813. The van der Waals surface area contributed by atoms with Crippen molar-refractivity contribution in [3.8, 4) is 0 Å². The minimum atomic E-state index is -3.01. The van der Waals surface area contributed by atoms with Gasteiger partial charge in [-0.3, -0.25) is 4.79 Å². The van der Waals surface area contributed by atoms with Gasteiger partial charge in [-0.2, -0.15) is 0 Å². The quantitative estimate of drug-likeness (QED) is 0.918. The second-order valence-electron chi connectivity index (χ2n) is 5.39. The van der Waals surface area contributed by atoms with E-state index < -0.39 is 9.84 Å². The van der Waals surface area contributed by atoms with Gasteiger partial charge in [0, 0.05) is 29.0 Å². The molecule has 0 aliphatic carbocycles. The van der Waals surface area contributed by atoms with Gasteiger partial charge in [-0.05, 0) is 30.7 Å². The maximum absolute atomic E-state index is 12.5. The average Bonchev–Trinajstić information content (AvgIpc) is 2.99. The molecule has 2 aromatic rings. The lowest BCUT2D eigenvalue weighted by Gasteiger charge is -2.22. The molecule has 0 saturated carbocycles. The van der Waals surface area contributed by atoms with Crippen molar-refractivity contribution < 1.29 is 13.2 Å². The van der Waals surface area contributed by atoms with Crippen molar-refractivity contribution in [1.82, 2.24) is 9.88 Å². The zero-order valence-electron chi connectivity index (χ0n) is 11.5. The fraction of sp³-hybridized carbons (Fsp3) is 0.357. The number of aromatic nitrogens is 1. The fourth-order valence-electron chi connectivity index (χ4n) is 2.66. The molecule has 0 unspecified atom stereocenters. The number of H-pyrrole nitrogens is 1. The number of hydrogen-bond donors (Lipinski definition) is 1. The normalized spacial score (nSPS) is 20.8. The summed E-state index contributed by atoms with van der Waals surface area (Å²) in [5.74, 6) is -0.0109. The summed E-state index contributed by atoms with van der Waals surface area (Å²) >= 11 is 5.93. The Morgan fingerprint density at radius 2 is 2.14 bits per heavy atom. The van der Waals surface area contributed by atoms with Gasteiger partial charge in [0.25, 0.3) is 5.91 Å². The average molecular weight is 327 g/mol. The van der Waals surface area contributed by atoms with E-state index >= 15 is 0 Å². The van der Waals surface area contributed by atoms with Gasteiger partial charge in [0.05, 0.1) is 11.5 Å². The lowest BCUT2D eigenvalue weighted by Crippen LogP contribution is -2.37. The van der Waals surface area contributed by atoms with Crippen LogP contribution in [0.5, 0.6) is 0 Å². The topological polar surface area (TPSA) is 70.2 Å². The second kappa shape index (κ2) is 5.03. The van der Waals surface area contributed by atoms with Crippen molar-refractivity contribution in [2.45, 2.75) is 12.5 Å². The van der Waals surface area contributed by atoms with E-state index in [0.29, 0.717) is 17.1 Å². The molecular formula is C14H15ClN2O3S. The van der Waals surface area contributed by atoms with E-state index in [9.17, 15) is 13.2 Å². The molecule has 0 bridgehead atoms. The third kappa shape index (κ3) is 2.78. The third-order valence-corrected chi connectivity index (χ3v) is 5.88. The Balaban J connectivity index is 1.86. The van der Waals surface area contributed by atoms with Crippen LogP contribution < -0.4 is 0 Å². The van der Waals surface area contributed by atoms with Gasteiger partial charge in [0.1, 0.15) is 5.69 Å². The van der Waals surface area contributed by atoms with Gasteiger partial charge in [0.2, 0.25) is 0 Å². The lowest BCUT2D eigenvalue weighted by atomic mass is 10.2. The van der Waals surface area contributed by atoms with Gasteiger partial charge in [-0.15, -0.1) is 0 Å². The van der Waals surface area contributed by atoms with Crippen LogP contribution >= 0.6 is 11.6 Å². The van der Waals surface area contributed by atoms with Gasteiger partial charge in [0.15, 0.2) is 9.84 Å². The number of nitrogens with one attached hydrogen (secondary N) is 1. The van der Waals surface area contributed by atoms with Gasteiger partial charge < -0.3 is 9.88 Å². The van der Waals surface area contributed by atoms with Gasteiger partial charge in [-0.25, -0.2) is 8.42 Å². The summed E-state index contributed by atoms with van der Waals surface area (Å²) in [6.45, 7) is 0. The highest BCUT2D eigenvalue weighted by Crippen LogP contribution is 2.22. The molecule has 1 aliphatic heterocycles.